The Balaban J connectivity index is 1.27. The van der Waals surface area contributed by atoms with Crippen molar-refractivity contribution >= 4 is 11.7 Å². The molecule has 0 heterocycles. The molecular formula is C33H43NO3. The first-order valence-electron chi connectivity index (χ1n) is 14.5. The lowest BCUT2D eigenvalue weighted by molar-refractivity contribution is -0.131. The molecule has 2 aromatic carbocycles. The summed E-state index contributed by atoms with van der Waals surface area (Å²) in [5, 5.41) is 10.5. The van der Waals surface area contributed by atoms with Crippen molar-refractivity contribution in [1.29, 1.82) is 0 Å². The number of aromatic hydroxyl groups is 1. The van der Waals surface area contributed by atoms with E-state index in [0.717, 1.165) is 62.5 Å². The average molecular weight is 502 g/mol. The van der Waals surface area contributed by atoms with E-state index in [1.807, 2.05) is 36.2 Å². The molecule has 4 heteroatoms. The smallest absolute Gasteiger partial charge is 0.222 e. The highest BCUT2D eigenvalue weighted by molar-refractivity contribution is 5.87. The fourth-order valence-corrected chi connectivity index (χ4v) is 8.10. The fraction of sp³-hybridized carbons (Fsp3) is 0.576. The van der Waals surface area contributed by atoms with Crippen LogP contribution in [-0.4, -0.2) is 28.7 Å². The molecule has 37 heavy (non-hydrogen) atoms. The molecule has 0 saturated heterocycles. The Morgan fingerprint density at radius 1 is 1.16 bits per heavy atom. The highest BCUT2D eigenvalue weighted by Gasteiger charge is 2.58. The predicted octanol–water partition coefficient (Wildman–Crippen LogP) is 6.82. The van der Waals surface area contributed by atoms with Crippen molar-refractivity contribution in [2.45, 2.75) is 90.5 Å². The van der Waals surface area contributed by atoms with E-state index in [9.17, 15) is 14.7 Å². The molecule has 0 aliphatic heterocycles. The second-order valence-electron chi connectivity index (χ2n) is 12.2. The highest BCUT2D eigenvalue weighted by Crippen LogP contribution is 2.62. The zero-order valence-corrected chi connectivity index (χ0v) is 22.8. The maximum Gasteiger partial charge on any atom is 0.222 e. The monoisotopic (exact) mass is 501 g/mol. The minimum absolute atomic E-state index is 0.187. The van der Waals surface area contributed by atoms with Crippen molar-refractivity contribution in [1.82, 2.24) is 4.90 Å². The number of phenols is 1. The second-order valence-corrected chi connectivity index (χ2v) is 12.2. The zero-order valence-electron chi connectivity index (χ0n) is 22.8. The summed E-state index contributed by atoms with van der Waals surface area (Å²) in [5.74, 6) is 2.90. The molecule has 0 radical (unpaired) electrons. The normalized spacial score (nSPS) is 28.4. The Morgan fingerprint density at radius 3 is 2.70 bits per heavy atom. The Morgan fingerprint density at radius 2 is 1.95 bits per heavy atom. The van der Waals surface area contributed by atoms with Crippen LogP contribution < -0.4 is 0 Å². The largest absolute Gasteiger partial charge is 0.508 e. The molecule has 198 valence electrons. The standard InChI is InChI=1S/C33H43NO3/c1-4-9-24-18-28-23(19-29(24)35)14-15-27-26(28)16-17-33(2)30(36)20-25(32(27)33)12-8-13-31(37)34(3)21-22-10-6-5-7-11-22/h5-7,10-11,18-19,25-27,32,35H,4,8-9,12-17,20-21H2,1-3H3/t25?,26?,27?,32?,33-/m1/s1. The van der Waals surface area contributed by atoms with Gasteiger partial charge in [-0.05, 0) is 96.9 Å². The van der Waals surface area contributed by atoms with Gasteiger partial charge >= 0.3 is 0 Å². The van der Waals surface area contributed by atoms with E-state index in [2.05, 4.69) is 32.0 Å². The molecule has 5 atom stereocenters. The van der Waals surface area contributed by atoms with Crippen LogP contribution in [0.2, 0.25) is 0 Å². The Hall–Kier alpha value is -2.62. The van der Waals surface area contributed by atoms with Crippen LogP contribution in [0.5, 0.6) is 5.75 Å². The molecular weight excluding hydrogens is 458 g/mol. The van der Waals surface area contributed by atoms with Crippen molar-refractivity contribution in [3.63, 3.8) is 0 Å². The number of amides is 1. The van der Waals surface area contributed by atoms with Gasteiger partial charge in [-0.2, -0.15) is 0 Å². The molecule has 4 nitrogen and oxygen atoms in total. The third-order valence-electron chi connectivity index (χ3n) is 9.94. The first-order valence-corrected chi connectivity index (χ1v) is 14.5. The minimum Gasteiger partial charge on any atom is -0.508 e. The summed E-state index contributed by atoms with van der Waals surface area (Å²) in [7, 11) is 1.89. The lowest BCUT2D eigenvalue weighted by Crippen LogP contribution is -2.44. The van der Waals surface area contributed by atoms with E-state index >= 15 is 0 Å². The van der Waals surface area contributed by atoms with Crippen molar-refractivity contribution in [3.05, 3.63) is 64.7 Å². The fourth-order valence-electron chi connectivity index (χ4n) is 8.10. The van der Waals surface area contributed by atoms with E-state index in [1.165, 1.54) is 11.1 Å². The van der Waals surface area contributed by atoms with Crippen LogP contribution in [0.1, 0.15) is 93.4 Å². The van der Waals surface area contributed by atoms with Crippen LogP contribution in [0.15, 0.2) is 42.5 Å². The number of rotatable bonds is 8. The molecule has 2 fully saturated rings. The summed E-state index contributed by atoms with van der Waals surface area (Å²) in [5.41, 5.74) is 4.77. The van der Waals surface area contributed by atoms with Crippen LogP contribution >= 0.6 is 0 Å². The average Bonchev–Trinajstić information content (AvgIpc) is 3.14. The molecule has 0 bridgehead atoms. The van der Waals surface area contributed by atoms with Crippen LogP contribution in [-0.2, 0) is 29.0 Å². The summed E-state index contributed by atoms with van der Waals surface area (Å²) in [6.45, 7) is 5.04. The van der Waals surface area contributed by atoms with Crippen LogP contribution in [0, 0.1) is 23.2 Å². The van der Waals surface area contributed by atoms with Gasteiger partial charge in [0, 0.05) is 31.8 Å². The number of benzene rings is 2. The molecule has 1 N–H and O–H groups in total. The van der Waals surface area contributed by atoms with Crippen molar-refractivity contribution in [2.24, 2.45) is 23.2 Å². The summed E-state index contributed by atoms with van der Waals surface area (Å²) in [6, 6.07) is 14.5. The number of ketones is 1. The van der Waals surface area contributed by atoms with E-state index in [-0.39, 0.29) is 11.3 Å². The van der Waals surface area contributed by atoms with Crippen molar-refractivity contribution in [2.75, 3.05) is 7.05 Å². The van der Waals surface area contributed by atoms with Gasteiger partial charge in [-0.15, -0.1) is 0 Å². The first kappa shape index (κ1) is 26.0. The van der Waals surface area contributed by atoms with Crippen LogP contribution in [0.3, 0.4) is 0 Å². The zero-order chi connectivity index (χ0) is 26.2. The first-order chi connectivity index (χ1) is 17.8. The van der Waals surface area contributed by atoms with Gasteiger partial charge in [-0.3, -0.25) is 9.59 Å². The quantitative estimate of drug-likeness (QED) is 0.431. The number of hydrogen-bond acceptors (Lipinski definition) is 3. The number of carbonyl (C=O) groups is 2. The summed E-state index contributed by atoms with van der Waals surface area (Å²) >= 11 is 0. The molecule has 4 unspecified atom stereocenters. The molecule has 0 aromatic heterocycles. The number of fused-ring (bicyclic) bond motifs is 5. The van der Waals surface area contributed by atoms with Gasteiger partial charge < -0.3 is 10.0 Å². The number of aryl methyl sites for hydroxylation is 2. The maximum atomic E-state index is 13.3. The highest BCUT2D eigenvalue weighted by atomic mass is 16.3. The number of nitrogens with zero attached hydrogens (tertiary/aromatic N) is 1. The van der Waals surface area contributed by atoms with Gasteiger partial charge in [0.25, 0.3) is 0 Å². The Kier molecular flexibility index (Phi) is 7.47. The summed E-state index contributed by atoms with van der Waals surface area (Å²) in [6.07, 6.45) is 9.12. The maximum absolute atomic E-state index is 13.3. The van der Waals surface area contributed by atoms with E-state index in [4.69, 9.17) is 0 Å². The molecule has 2 aromatic rings. The van der Waals surface area contributed by atoms with Gasteiger partial charge in [0.15, 0.2) is 0 Å². The minimum atomic E-state index is -0.208. The molecule has 3 aliphatic rings. The SMILES string of the molecule is CCCc1cc2c(cc1O)CCC1C2CC[C@]2(C)C(=O)CC(CCCC(=O)N(C)Cc3ccccc3)C12. The van der Waals surface area contributed by atoms with Gasteiger partial charge in [0.05, 0.1) is 0 Å². The molecule has 2 saturated carbocycles. The van der Waals surface area contributed by atoms with Crippen LogP contribution in [0.25, 0.3) is 0 Å². The number of Topliss-reactive ketones (excluding diaryl/α,β-unsaturated/α-hetero) is 1. The summed E-state index contributed by atoms with van der Waals surface area (Å²) in [4.78, 5) is 28.0. The Bertz CT molecular complexity index is 1140. The van der Waals surface area contributed by atoms with E-state index in [0.29, 0.717) is 54.6 Å². The number of carbonyl (C=O) groups excluding carboxylic acids is 2. The lowest BCUT2D eigenvalue weighted by atomic mass is 9.54. The summed E-state index contributed by atoms with van der Waals surface area (Å²) < 4.78 is 0. The number of hydrogen-bond donors (Lipinski definition) is 1. The number of phenolic OH excluding ortho intramolecular Hbond substituents is 1. The Labute approximate surface area is 222 Å². The van der Waals surface area contributed by atoms with Gasteiger partial charge in [-0.1, -0.05) is 56.7 Å². The van der Waals surface area contributed by atoms with Gasteiger partial charge in [0.1, 0.15) is 11.5 Å². The molecule has 3 aliphatic carbocycles. The molecule has 1 amide bonds. The predicted molar refractivity (Wildman–Crippen MR) is 147 cm³/mol. The third kappa shape index (κ3) is 4.96. The molecule has 5 rings (SSSR count). The van der Waals surface area contributed by atoms with Crippen molar-refractivity contribution < 1.29 is 14.7 Å². The topological polar surface area (TPSA) is 57.6 Å². The second kappa shape index (κ2) is 10.6. The van der Waals surface area contributed by atoms with E-state index < -0.39 is 0 Å². The molecule has 0 spiro atoms. The van der Waals surface area contributed by atoms with Gasteiger partial charge in [0.2, 0.25) is 5.91 Å². The van der Waals surface area contributed by atoms with Gasteiger partial charge in [-0.25, -0.2) is 0 Å². The van der Waals surface area contributed by atoms with E-state index in [1.54, 1.807) is 0 Å². The third-order valence-corrected chi connectivity index (χ3v) is 9.94. The lowest BCUT2D eigenvalue weighted by Gasteiger charge is -2.50. The van der Waals surface area contributed by atoms with Crippen LogP contribution in [0.4, 0.5) is 0 Å². The van der Waals surface area contributed by atoms with Crippen molar-refractivity contribution in [3.8, 4) is 5.75 Å².